The third kappa shape index (κ3) is 2.96. The molecule has 2 heteroatoms. The number of fused-ring (bicyclic) bond motifs is 1. The third-order valence-electron chi connectivity index (χ3n) is 4.01. The normalized spacial score (nSPS) is 12.5. The standard InChI is InChI=1S/C19H19NO/c1-14-6-2-3-7-15(14)10-11-19(21)18-13-20-12-16-8-4-5-9-17(16)18/h2-9,12-13,19,21H,10-11H2,1H3. The minimum atomic E-state index is -0.483. The Kier molecular flexibility index (Phi) is 3.98. The molecular formula is C19H19NO. The Hall–Kier alpha value is -2.19. The quantitative estimate of drug-likeness (QED) is 0.775. The molecule has 1 heterocycles. The molecule has 1 unspecified atom stereocenters. The lowest BCUT2D eigenvalue weighted by molar-refractivity contribution is 0.169. The summed E-state index contributed by atoms with van der Waals surface area (Å²) in [4.78, 5) is 4.25. The van der Waals surface area contributed by atoms with E-state index >= 15 is 0 Å². The van der Waals surface area contributed by atoms with Crippen molar-refractivity contribution in [2.45, 2.75) is 25.9 Å². The van der Waals surface area contributed by atoms with Gasteiger partial charge >= 0.3 is 0 Å². The molecule has 1 aromatic heterocycles. The predicted octanol–water partition coefficient (Wildman–Crippen LogP) is 4.21. The Balaban J connectivity index is 1.81. The van der Waals surface area contributed by atoms with Crippen molar-refractivity contribution in [1.29, 1.82) is 0 Å². The summed E-state index contributed by atoms with van der Waals surface area (Å²) in [5.41, 5.74) is 3.49. The zero-order valence-electron chi connectivity index (χ0n) is 12.2. The van der Waals surface area contributed by atoms with Crippen LogP contribution in [0.4, 0.5) is 0 Å². The van der Waals surface area contributed by atoms with Gasteiger partial charge in [-0.1, -0.05) is 48.5 Å². The lowest BCUT2D eigenvalue weighted by Gasteiger charge is -2.14. The number of aliphatic hydroxyl groups is 1. The molecule has 0 saturated heterocycles. The fourth-order valence-electron chi connectivity index (χ4n) is 2.74. The second-order valence-electron chi connectivity index (χ2n) is 5.43. The largest absolute Gasteiger partial charge is 0.388 e. The maximum Gasteiger partial charge on any atom is 0.0814 e. The van der Waals surface area contributed by atoms with Gasteiger partial charge in [0.05, 0.1) is 6.10 Å². The SMILES string of the molecule is Cc1ccccc1CCC(O)c1cncc2ccccc12. The third-order valence-corrected chi connectivity index (χ3v) is 4.01. The molecule has 0 aliphatic heterocycles. The topological polar surface area (TPSA) is 33.1 Å². The lowest BCUT2D eigenvalue weighted by atomic mass is 9.97. The summed E-state index contributed by atoms with van der Waals surface area (Å²) in [6.07, 6.45) is 4.72. The van der Waals surface area contributed by atoms with Crippen LogP contribution in [0, 0.1) is 6.92 Å². The average Bonchev–Trinajstić information content (AvgIpc) is 2.53. The lowest BCUT2D eigenvalue weighted by Crippen LogP contribution is -2.02. The highest BCUT2D eigenvalue weighted by Gasteiger charge is 2.12. The molecule has 0 fully saturated rings. The monoisotopic (exact) mass is 277 g/mol. The summed E-state index contributed by atoms with van der Waals surface area (Å²) in [7, 11) is 0. The van der Waals surface area contributed by atoms with Crippen molar-refractivity contribution in [2.75, 3.05) is 0 Å². The molecule has 2 nitrogen and oxygen atoms in total. The van der Waals surface area contributed by atoms with Crippen LogP contribution in [0.2, 0.25) is 0 Å². The summed E-state index contributed by atoms with van der Waals surface area (Å²) in [6, 6.07) is 16.4. The molecule has 0 bridgehead atoms. The Morgan fingerprint density at radius 2 is 1.76 bits per heavy atom. The molecule has 2 aromatic carbocycles. The van der Waals surface area contributed by atoms with E-state index in [1.54, 1.807) is 6.20 Å². The molecule has 1 atom stereocenters. The van der Waals surface area contributed by atoms with Crippen molar-refractivity contribution in [3.8, 4) is 0 Å². The van der Waals surface area contributed by atoms with Gasteiger partial charge in [-0.2, -0.15) is 0 Å². The number of pyridine rings is 1. The first-order valence-corrected chi connectivity index (χ1v) is 7.31. The highest BCUT2D eigenvalue weighted by atomic mass is 16.3. The van der Waals surface area contributed by atoms with E-state index < -0.39 is 6.10 Å². The number of hydrogen-bond acceptors (Lipinski definition) is 2. The highest BCUT2D eigenvalue weighted by Crippen LogP contribution is 2.26. The Morgan fingerprint density at radius 3 is 2.62 bits per heavy atom. The van der Waals surface area contributed by atoms with Gasteiger partial charge in [0.15, 0.2) is 0 Å². The molecule has 21 heavy (non-hydrogen) atoms. The molecule has 0 saturated carbocycles. The van der Waals surface area contributed by atoms with E-state index in [4.69, 9.17) is 0 Å². The van der Waals surface area contributed by atoms with Crippen LogP contribution in [0.3, 0.4) is 0 Å². The fourth-order valence-corrected chi connectivity index (χ4v) is 2.74. The molecule has 3 aromatic rings. The van der Waals surface area contributed by atoms with E-state index in [1.807, 2.05) is 42.6 Å². The van der Waals surface area contributed by atoms with Crippen molar-refractivity contribution in [3.05, 3.63) is 77.6 Å². The van der Waals surface area contributed by atoms with Crippen LogP contribution in [-0.4, -0.2) is 10.1 Å². The Morgan fingerprint density at radius 1 is 1.00 bits per heavy atom. The van der Waals surface area contributed by atoms with E-state index in [-0.39, 0.29) is 0 Å². The summed E-state index contributed by atoms with van der Waals surface area (Å²) in [5, 5.41) is 12.7. The number of aryl methyl sites for hydroxylation is 2. The average molecular weight is 277 g/mol. The van der Waals surface area contributed by atoms with Crippen LogP contribution < -0.4 is 0 Å². The van der Waals surface area contributed by atoms with Gasteiger partial charge in [-0.25, -0.2) is 0 Å². The number of rotatable bonds is 4. The molecule has 106 valence electrons. The van der Waals surface area contributed by atoms with Crippen molar-refractivity contribution in [1.82, 2.24) is 4.98 Å². The van der Waals surface area contributed by atoms with Crippen molar-refractivity contribution in [2.24, 2.45) is 0 Å². The van der Waals surface area contributed by atoms with E-state index in [9.17, 15) is 5.11 Å². The fraction of sp³-hybridized carbons (Fsp3) is 0.211. The maximum atomic E-state index is 10.5. The van der Waals surface area contributed by atoms with E-state index in [0.29, 0.717) is 6.42 Å². The van der Waals surface area contributed by atoms with Gasteiger partial charge in [-0.3, -0.25) is 4.98 Å². The molecule has 1 N–H and O–H groups in total. The number of aromatic nitrogens is 1. The number of aliphatic hydroxyl groups excluding tert-OH is 1. The second kappa shape index (κ2) is 6.06. The summed E-state index contributed by atoms with van der Waals surface area (Å²) in [5.74, 6) is 0. The molecule has 0 aliphatic carbocycles. The maximum absolute atomic E-state index is 10.5. The number of benzene rings is 2. The van der Waals surface area contributed by atoms with Crippen molar-refractivity contribution >= 4 is 10.8 Å². The molecule has 0 aliphatic rings. The Bertz CT molecular complexity index is 746. The molecule has 0 amide bonds. The zero-order chi connectivity index (χ0) is 14.7. The summed E-state index contributed by atoms with van der Waals surface area (Å²) < 4.78 is 0. The summed E-state index contributed by atoms with van der Waals surface area (Å²) in [6.45, 7) is 2.11. The first-order chi connectivity index (χ1) is 10.3. The van der Waals surface area contributed by atoms with Crippen LogP contribution >= 0.6 is 0 Å². The van der Waals surface area contributed by atoms with Crippen LogP contribution in [0.15, 0.2) is 60.9 Å². The van der Waals surface area contributed by atoms with E-state index in [0.717, 1.165) is 22.8 Å². The molecular weight excluding hydrogens is 258 g/mol. The second-order valence-corrected chi connectivity index (χ2v) is 5.43. The number of nitrogens with zero attached hydrogens (tertiary/aromatic N) is 1. The van der Waals surface area contributed by atoms with Crippen LogP contribution in [0.5, 0.6) is 0 Å². The van der Waals surface area contributed by atoms with Gasteiger partial charge in [0.1, 0.15) is 0 Å². The van der Waals surface area contributed by atoms with E-state index in [2.05, 4.69) is 24.0 Å². The first-order valence-electron chi connectivity index (χ1n) is 7.31. The zero-order valence-corrected chi connectivity index (χ0v) is 12.2. The van der Waals surface area contributed by atoms with Crippen LogP contribution in [-0.2, 0) is 6.42 Å². The molecule has 0 radical (unpaired) electrons. The van der Waals surface area contributed by atoms with Crippen LogP contribution in [0.25, 0.3) is 10.8 Å². The molecule has 3 rings (SSSR count). The van der Waals surface area contributed by atoms with Crippen molar-refractivity contribution < 1.29 is 5.11 Å². The van der Waals surface area contributed by atoms with Gasteiger partial charge in [0.2, 0.25) is 0 Å². The minimum Gasteiger partial charge on any atom is -0.388 e. The predicted molar refractivity (Wildman–Crippen MR) is 86.2 cm³/mol. The smallest absolute Gasteiger partial charge is 0.0814 e. The number of hydrogen-bond donors (Lipinski definition) is 1. The molecule has 0 spiro atoms. The van der Waals surface area contributed by atoms with Gasteiger partial charge in [-0.05, 0) is 36.3 Å². The van der Waals surface area contributed by atoms with Crippen LogP contribution in [0.1, 0.15) is 29.2 Å². The highest BCUT2D eigenvalue weighted by molar-refractivity contribution is 5.84. The Labute approximate surface area is 125 Å². The van der Waals surface area contributed by atoms with Gasteiger partial charge in [-0.15, -0.1) is 0 Å². The van der Waals surface area contributed by atoms with Gasteiger partial charge in [0, 0.05) is 23.3 Å². The summed E-state index contributed by atoms with van der Waals surface area (Å²) >= 11 is 0. The first kappa shape index (κ1) is 13.8. The minimum absolute atomic E-state index is 0.483. The van der Waals surface area contributed by atoms with Gasteiger partial charge in [0.25, 0.3) is 0 Å². The van der Waals surface area contributed by atoms with Crippen molar-refractivity contribution in [3.63, 3.8) is 0 Å². The van der Waals surface area contributed by atoms with Gasteiger partial charge < -0.3 is 5.11 Å². The van der Waals surface area contributed by atoms with E-state index in [1.165, 1.54) is 11.1 Å².